The van der Waals surface area contributed by atoms with E-state index in [0.717, 1.165) is 77.0 Å². The zero-order valence-electron chi connectivity index (χ0n) is 52.2. The summed E-state index contributed by atoms with van der Waals surface area (Å²) in [6.45, 7) is 6.62. The van der Waals surface area contributed by atoms with Crippen LogP contribution in [0.15, 0.2) is 60.8 Å². The minimum Gasteiger partial charge on any atom is -0.462 e. The first-order chi connectivity index (χ1) is 38.5. The molecule has 454 valence electrons. The lowest BCUT2D eigenvalue weighted by molar-refractivity contribution is -0.167. The molecule has 0 aliphatic rings. The summed E-state index contributed by atoms with van der Waals surface area (Å²) in [5, 5.41) is 0. The minimum atomic E-state index is -0.773. The van der Waals surface area contributed by atoms with Crippen LogP contribution in [0.5, 0.6) is 0 Å². The Hall–Kier alpha value is -2.89. The van der Waals surface area contributed by atoms with E-state index in [1.165, 1.54) is 244 Å². The van der Waals surface area contributed by atoms with Crippen molar-refractivity contribution in [1.82, 2.24) is 0 Å². The van der Waals surface area contributed by atoms with Crippen molar-refractivity contribution in [3.63, 3.8) is 0 Å². The third-order valence-electron chi connectivity index (χ3n) is 15.2. The molecule has 0 rings (SSSR count). The predicted molar refractivity (Wildman–Crippen MR) is 339 cm³/mol. The molecule has 0 saturated carbocycles. The van der Waals surface area contributed by atoms with Crippen LogP contribution < -0.4 is 0 Å². The lowest BCUT2D eigenvalue weighted by atomic mass is 10.0. The van der Waals surface area contributed by atoms with Gasteiger partial charge in [0.1, 0.15) is 13.2 Å². The average molecular weight is 1090 g/mol. The monoisotopic (exact) mass is 1090 g/mol. The van der Waals surface area contributed by atoms with Gasteiger partial charge in [0.25, 0.3) is 0 Å². The first-order valence-corrected chi connectivity index (χ1v) is 34.3. The maximum atomic E-state index is 12.9. The van der Waals surface area contributed by atoms with Crippen molar-refractivity contribution in [3.05, 3.63) is 60.8 Å². The van der Waals surface area contributed by atoms with E-state index < -0.39 is 6.10 Å². The quantitative estimate of drug-likeness (QED) is 0.0261. The molecule has 1 unspecified atom stereocenters. The second kappa shape index (κ2) is 66.6. The number of esters is 3. The van der Waals surface area contributed by atoms with E-state index in [9.17, 15) is 14.4 Å². The van der Waals surface area contributed by atoms with Crippen molar-refractivity contribution in [1.29, 1.82) is 0 Å². The highest BCUT2D eigenvalue weighted by molar-refractivity contribution is 5.71. The standard InChI is InChI=1S/C72H130O6/c1-4-7-10-13-16-19-21-23-25-27-29-30-31-32-33-34-35-36-37-38-39-40-41-42-44-45-47-49-51-53-56-59-62-65-71(74)77-68-69(67-76-70(73)64-61-58-55-18-15-12-9-6-3)78-72(75)66-63-60-57-54-52-50-48-46-43-28-26-24-22-20-17-14-11-8-5-2/h17,20-21,23-24,26-27,29,31-32,69H,4-16,18-19,22,25,28,30,33-68H2,1-3H3/b20-17-,23-21-,26-24-,29-27-,32-31-. The molecule has 1 atom stereocenters. The molecule has 78 heavy (non-hydrogen) atoms. The Balaban J connectivity index is 4.04. The molecule has 0 aromatic rings. The van der Waals surface area contributed by atoms with E-state index in [1.54, 1.807) is 0 Å². The molecule has 0 bridgehead atoms. The van der Waals surface area contributed by atoms with E-state index in [-0.39, 0.29) is 31.1 Å². The fourth-order valence-electron chi connectivity index (χ4n) is 10.1. The number of carbonyl (C=O) groups excluding carboxylic acids is 3. The Labute approximate surface area is 485 Å². The second-order valence-electron chi connectivity index (χ2n) is 23.1. The van der Waals surface area contributed by atoms with Crippen molar-refractivity contribution >= 4 is 17.9 Å². The minimum absolute atomic E-state index is 0.0714. The van der Waals surface area contributed by atoms with Crippen molar-refractivity contribution < 1.29 is 28.6 Å². The summed E-state index contributed by atoms with van der Waals surface area (Å²) >= 11 is 0. The molecule has 0 aromatic heterocycles. The Morgan fingerprint density at radius 2 is 0.462 bits per heavy atom. The Morgan fingerprint density at radius 1 is 0.256 bits per heavy atom. The van der Waals surface area contributed by atoms with E-state index in [2.05, 4.69) is 81.5 Å². The summed E-state index contributed by atoms with van der Waals surface area (Å²) < 4.78 is 16.9. The summed E-state index contributed by atoms with van der Waals surface area (Å²) in [6.07, 6.45) is 85.5. The fourth-order valence-corrected chi connectivity index (χ4v) is 10.1. The van der Waals surface area contributed by atoms with Gasteiger partial charge in [0.2, 0.25) is 0 Å². The van der Waals surface area contributed by atoms with Crippen LogP contribution in [0.1, 0.15) is 361 Å². The molecular formula is C72H130O6. The van der Waals surface area contributed by atoms with Crippen molar-refractivity contribution in [3.8, 4) is 0 Å². The Morgan fingerprint density at radius 3 is 0.744 bits per heavy atom. The van der Waals surface area contributed by atoms with Gasteiger partial charge in [-0.05, 0) is 89.9 Å². The van der Waals surface area contributed by atoms with Crippen molar-refractivity contribution in [2.75, 3.05) is 13.2 Å². The van der Waals surface area contributed by atoms with Gasteiger partial charge in [-0.25, -0.2) is 0 Å². The van der Waals surface area contributed by atoms with Crippen LogP contribution in [0.4, 0.5) is 0 Å². The van der Waals surface area contributed by atoms with Crippen LogP contribution in [0.3, 0.4) is 0 Å². The largest absolute Gasteiger partial charge is 0.462 e. The first kappa shape index (κ1) is 75.1. The highest BCUT2D eigenvalue weighted by Crippen LogP contribution is 2.18. The smallest absolute Gasteiger partial charge is 0.306 e. The molecule has 0 aliphatic carbocycles. The fraction of sp³-hybridized carbons (Fsp3) is 0.819. The van der Waals surface area contributed by atoms with Gasteiger partial charge >= 0.3 is 17.9 Å². The molecule has 0 N–H and O–H groups in total. The predicted octanol–water partition coefficient (Wildman–Crippen LogP) is 23.5. The Bertz CT molecular complexity index is 1390. The first-order valence-electron chi connectivity index (χ1n) is 34.3. The van der Waals surface area contributed by atoms with Crippen LogP contribution in [-0.4, -0.2) is 37.2 Å². The SMILES string of the molecule is CCCCC/C=C\C/C=C\CCCCCCCCCCCC(=O)OC(COC(=O)CCCCCCCCCC)COC(=O)CCCCCCCCCCCCCCCCCCCC/C=C\C/C=C\C/C=C\CCCCCCC. The van der Waals surface area contributed by atoms with E-state index in [1.807, 2.05) is 0 Å². The third-order valence-corrected chi connectivity index (χ3v) is 15.2. The number of hydrogen-bond donors (Lipinski definition) is 0. The number of carbonyl (C=O) groups is 3. The summed E-state index contributed by atoms with van der Waals surface area (Å²) in [5.41, 5.74) is 0. The van der Waals surface area contributed by atoms with Gasteiger partial charge in [-0.3, -0.25) is 14.4 Å². The van der Waals surface area contributed by atoms with Crippen LogP contribution in [0.25, 0.3) is 0 Å². The number of unbranched alkanes of at least 4 members (excludes halogenated alkanes) is 42. The van der Waals surface area contributed by atoms with Crippen LogP contribution in [-0.2, 0) is 28.6 Å². The number of ether oxygens (including phenoxy) is 3. The van der Waals surface area contributed by atoms with Crippen LogP contribution in [0, 0.1) is 0 Å². The normalized spacial score (nSPS) is 12.4. The molecular weight excluding hydrogens is 961 g/mol. The molecule has 0 heterocycles. The lowest BCUT2D eigenvalue weighted by Crippen LogP contribution is -2.30. The second-order valence-corrected chi connectivity index (χ2v) is 23.1. The van der Waals surface area contributed by atoms with E-state index in [0.29, 0.717) is 19.3 Å². The molecule has 0 spiro atoms. The Kier molecular flexibility index (Phi) is 64.2. The van der Waals surface area contributed by atoms with Gasteiger partial charge < -0.3 is 14.2 Å². The van der Waals surface area contributed by atoms with Gasteiger partial charge in [0.15, 0.2) is 6.10 Å². The molecule has 0 radical (unpaired) electrons. The van der Waals surface area contributed by atoms with Crippen LogP contribution >= 0.6 is 0 Å². The molecule has 6 nitrogen and oxygen atoms in total. The summed E-state index contributed by atoms with van der Waals surface area (Å²) in [7, 11) is 0. The molecule has 0 aromatic carbocycles. The van der Waals surface area contributed by atoms with E-state index >= 15 is 0 Å². The van der Waals surface area contributed by atoms with Crippen LogP contribution in [0.2, 0.25) is 0 Å². The molecule has 6 heteroatoms. The summed E-state index contributed by atoms with van der Waals surface area (Å²) in [6, 6.07) is 0. The number of allylic oxidation sites excluding steroid dienone is 10. The molecule has 0 aliphatic heterocycles. The number of hydrogen-bond acceptors (Lipinski definition) is 6. The van der Waals surface area contributed by atoms with Crippen molar-refractivity contribution in [2.45, 2.75) is 367 Å². The molecule has 0 amide bonds. The lowest BCUT2D eigenvalue weighted by Gasteiger charge is -2.18. The van der Waals surface area contributed by atoms with Gasteiger partial charge in [0, 0.05) is 19.3 Å². The van der Waals surface area contributed by atoms with Gasteiger partial charge in [-0.1, -0.05) is 313 Å². The summed E-state index contributed by atoms with van der Waals surface area (Å²) in [5.74, 6) is -0.861. The third kappa shape index (κ3) is 63.9. The number of rotatable bonds is 63. The maximum Gasteiger partial charge on any atom is 0.306 e. The van der Waals surface area contributed by atoms with E-state index in [4.69, 9.17) is 14.2 Å². The molecule has 0 fully saturated rings. The average Bonchev–Trinajstić information content (AvgIpc) is 3.44. The topological polar surface area (TPSA) is 78.9 Å². The molecule has 0 saturated heterocycles. The zero-order valence-corrected chi connectivity index (χ0v) is 52.2. The zero-order chi connectivity index (χ0) is 56.4. The summed E-state index contributed by atoms with van der Waals surface area (Å²) in [4.78, 5) is 38.2. The highest BCUT2D eigenvalue weighted by atomic mass is 16.6. The van der Waals surface area contributed by atoms with Gasteiger partial charge in [-0.2, -0.15) is 0 Å². The van der Waals surface area contributed by atoms with Gasteiger partial charge in [-0.15, -0.1) is 0 Å². The van der Waals surface area contributed by atoms with Gasteiger partial charge in [0.05, 0.1) is 0 Å². The maximum absolute atomic E-state index is 12.9. The van der Waals surface area contributed by atoms with Crippen molar-refractivity contribution in [2.24, 2.45) is 0 Å². The highest BCUT2D eigenvalue weighted by Gasteiger charge is 2.19.